The number of hydrogen-bond donors (Lipinski definition) is 0. The van der Waals surface area contributed by atoms with Crippen molar-refractivity contribution in [3.05, 3.63) is 88.6 Å². The minimum atomic E-state index is -3.45. The van der Waals surface area contributed by atoms with Crippen LogP contribution in [0.15, 0.2) is 71.8 Å². The van der Waals surface area contributed by atoms with Gasteiger partial charge in [0.1, 0.15) is 5.75 Å². The molecule has 0 spiro atoms. The summed E-state index contributed by atoms with van der Waals surface area (Å²) in [7, 11) is -3.45. The average molecular weight is 494 g/mol. The normalized spacial score (nSPS) is 11.7. The number of pyridine rings is 1. The Morgan fingerprint density at radius 2 is 1.76 bits per heavy atom. The topological polar surface area (TPSA) is 73.3 Å². The van der Waals surface area contributed by atoms with E-state index in [1.54, 1.807) is 31.2 Å². The molecule has 0 fully saturated rings. The van der Waals surface area contributed by atoms with Crippen LogP contribution in [0, 0.1) is 6.92 Å². The zero-order valence-electron chi connectivity index (χ0n) is 19.3. The molecule has 0 N–H and O–H groups in total. The second-order valence-electron chi connectivity index (χ2n) is 8.55. The maximum absolute atomic E-state index is 12.9. The van der Waals surface area contributed by atoms with Crippen LogP contribution in [0.1, 0.15) is 41.3 Å². The van der Waals surface area contributed by atoms with Crippen LogP contribution in [-0.2, 0) is 9.84 Å². The Balaban J connectivity index is 1.78. The summed E-state index contributed by atoms with van der Waals surface area (Å²) in [6.07, 6.45) is 2.95. The van der Waals surface area contributed by atoms with Crippen molar-refractivity contribution in [1.82, 2.24) is 4.98 Å². The van der Waals surface area contributed by atoms with Crippen LogP contribution in [0.2, 0.25) is 5.02 Å². The molecule has 0 atom stereocenters. The number of rotatable bonds is 5. The van der Waals surface area contributed by atoms with Gasteiger partial charge in [-0.3, -0.25) is 4.98 Å². The first-order valence-corrected chi connectivity index (χ1v) is 13.0. The molecule has 3 aromatic carbocycles. The number of aromatic nitrogens is 1. The number of aryl methyl sites for hydroxylation is 1. The number of benzene rings is 3. The first kappa shape index (κ1) is 23.9. The van der Waals surface area contributed by atoms with Gasteiger partial charge in [-0.2, -0.15) is 0 Å². The first-order chi connectivity index (χ1) is 16.1. The number of ether oxygens (including phenoxy) is 1. The quantitative estimate of drug-likeness (QED) is 0.231. The summed E-state index contributed by atoms with van der Waals surface area (Å²) in [5.41, 5.74) is 4.44. The van der Waals surface area contributed by atoms with Crippen LogP contribution >= 0.6 is 11.6 Å². The van der Waals surface area contributed by atoms with E-state index in [4.69, 9.17) is 16.3 Å². The van der Waals surface area contributed by atoms with Gasteiger partial charge in [0.05, 0.1) is 21.0 Å². The highest BCUT2D eigenvalue weighted by Gasteiger charge is 2.18. The predicted molar refractivity (Wildman–Crippen MR) is 136 cm³/mol. The highest BCUT2D eigenvalue weighted by atomic mass is 35.5. The van der Waals surface area contributed by atoms with Crippen molar-refractivity contribution in [2.75, 3.05) is 6.26 Å². The minimum absolute atomic E-state index is 0.0699. The molecule has 4 aromatic rings. The molecule has 0 saturated carbocycles. The third kappa shape index (κ3) is 4.69. The third-order valence-electron chi connectivity index (χ3n) is 5.69. The van der Waals surface area contributed by atoms with Gasteiger partial charge >= 0.3 is 5.97 Å². The second-order valence-corrected chi connectivity index (χ2v) is 11.0. The maximum Gasteiger partial charge on any atom is 0.343 e. The van der Waals surface area contributed by atoms with Gasteiger partial charge in [0.25, 0.3) is 0 Å². The standard InChI is InChI=1S/C27H24ClNO4S/c1-16(2)23-15-29-26-21(9-6-10-24(26)28)25(23)18-7-5-8-19(13-18)33-27(30)22-14-20(34(4,31)32)12-11-17(22)3/h5-16H,1-4H3. The molecular formula is C27H24ClNO4S. The molecule has 4 rings (SSSR count). The average Bonchev–Trinajstić information content (AvgIpc) is 2.78. The van der Waals surface area contributed by atoms with Crippen molar-refractivity contribution in [1.29, 1.82) is 0 Å². The molecule has 0 radical (unpaired) electrons. The molecule has 1 heterocycles. The van der Waals surface area contributed by atoms with Gasteiger partial charge in [0.15, 0.2) is 9.84 Å². The zero-order chi connectivity index (χ0) is 24.6. The molecule has 174 valence electrons. The third-order valence-corrected chi connectivity index (χ3v) is 7.11. The molecule has 0 bridgehead atoms. The molecule has 0 unspecified atom stereocenters. The lowest BCUT2D eigenvalue weighted by molar-refractivity contribution is 0.0734. The monoisotopic (exact) mass is 493 g/mol. The highest BCUT2D eigenvalue weighted by molar-refractivity contribution is 7.90. The van der Waals surface area contributed by atoms with Gasteiger partial charge in [-0.25, -0.2) is 13.2 Å². The number of sulfone groups is 1. The van der Waals surface area contributed by atoms with E-state index < -0.39 is 15.8 Å². The lowest BCUT2D eigenvalue weighted by atomic mass is 9.91. The Hall–Kier alpha value is -3.22. The van der Waals surface area contributed by atoms with E-state index in [-0.39, 0.29) is 16.4 Å². The lowest BCUT2D eigenvalue weighted by Gasteiger charge is -2.17. The van der Waals surface area contributed by atoms with Crippen molar-refractivity contribution in [3.8, 4) is 16.9 Å². The predicted octanol–water partition coefficient (Wildman–Crippen LogP) is 6.61. The molecule has 0 saturated heterocycles. The number of halogens is 1. The van der Waals surface area contributed by atoms with Gasteiger partial charge in [-0.1, -0.05) is 55.8 Å². The van der Waals surface area contributed by atoms with Gasteiger partial charge in [-0.15, -0.1) is 0 Å². The van der Waals surface area contributed by atoms with E-state index >= 15 is 0 Å². The van der Waals surface area contributed by atoms with Gasteiger partial charge in [-0.05, 0) is 65.4 Å². The molecule has 34 heavy (non-hydrogen) atoms. The molecule has 0 aliphatic heterocycles. The Labute approximate surface area is 204 Å². The van der Waals surface area contributed by atoms with E-state index in [1.165, 1.54) is 12.1 Å². The fourth-order valence-electron chi connectivity index (χ4n) is 3.89. The highest BCUT2D eigenvalue weighted by Crippen LogP contribution is 2.38. The van der Waals surface area contributed by atoms with Crippen LogP contribution in [-0.4, -0.2) is 25.6 Å². The Morgan fingerprint density at radius 1 is 1.03 bits per heavy atom. The smallest absolute Gasteiger partial charge is 0.343 e. The largest absolute Gasteiger partial charge is 0.423 e. The van der Waals surface area contributed by atoms with Crippen molar-refractivity contribution in [3.63, 3.8) is 0 Å². The fourth-order valence-corrected chi connectivity index (χ4v) is 4.76. The van der Waals surface area contributed by atoms with Crippen molar-refractivity contribution in [2.24, 2.45) is 0 Å². The van der Waals surface area contributed by atoms with E-state index in [9.17, 15) is 13.2 Å². The number of fused-ring (bicyclic) bond motifs is 1. The van der Waals surface area contributed by atoms with Gasteiger partial charge in [0, 0.05) is 17.8 Å². The molecular weight excluding hydrogens is 470 g/mol. The summed E-state index contributed by atoms with van der Waals surface area (Å²) < 4.78 is 29.5. The SMILES string of the molecule is Cc1ccc(S(C)(=O)=O)cc1C(=O)Oc1cccc(-c2c(C(C)C)cnc3c(Cl)cccc23)c1. The summed E-state index contributed by atoms with van der Waals surface area (Å²) in [6.45, 7) is 5.93. The number of para-hydroxylation sites is 1. The van der Waals surface area contributed by atoms with Crippen LogP contribution in [0.25, 0.3) is 22.0 Å². The molecule has 0 aliphatic rings. The summed E-state index contributed by atoms with van der Waals surface area (Å²) in [5.74, 6) is -0.0568. The van der Waals surface area contributed by atoms with E-state index in [2.05, 4.69) is 18.8 Å². The summed E-state index contributed by atoms with van der Waals surface area (Å²) in [5, 5.41) is 1.48. The summed E-state index contributed by atoms with van der Waals surface area (Å²) >= 11 is 6.40. The van der Waals surface area contributed by atoms with Crippen LogP contribution in [0.3, 0.4) is 0 Å². The number of carbonyl (C=O) groups excluding carboxylic acids is 1. The van der Waals surface area contributed by atoms with E-state index in [1.807, 2.05) is 30.5 Å². The fraction of sp³-hybridized carbons (Fsp3) is 0.185. The van der Waals surface area contributed by atoms with Crippen molar-refractivity contribution < 1.29 is 17.9 Å². The van der Waals surface area contributed by atoms with Gasteiger partial charge < -0.3 is 4.74 Å². The maximum atomic E-state index is 12.9. The molecule has 5 nitrogen and oxygen atoms in total. The zero-order valence-corrected chi connectivity index (χ0v) is 20.9. The number of hydrogen-bond acceptors (Lipinski definition) is 5. The molecule has 7 heteroatoms. The number of carbonyl (C=O) groups is 1. The number of nitrogens with zero attached hydrogens (tertiary/aromatic N) is 1. The van der Waals surface area contributed by atoms with Crippen LogP contribution in [0.4, 0.5) is 0 Å². The summed E-state index contributed by atoms with van der Waals surface area (Å²) in [4.78, 5) is 17.6. The van der Waals surface area contributed by atoms with Crippen LogP contribution in [0.5, 0.6) is 5.75 Å². The summed E-state index contributed by atoms with van der Waals surface area (Å²) in [6, 6.07) is 17.4. The Bertz CT molecular complexity index is 1530. The Kier molecular flexibility index (Phi) is 6.47. The number of esters is 1. The van der Waals surface area contributed by atoms with Crippen molar-refractivity contribution in [2.45, 2.75) is 31.6 Å². The Morgan fingerprint density at radius 3 is 2.47 bits per heavy atom. The minimum Gasteiger partial charge on any atom is -0.423 e. The van der Waals surface area contributed by atoms with Gasteiger partial charge in [0.2, 0.25) is 0 Å². The van der Waals surface area contributed by atoms with E-state index in [0.29, 0.717) is 21.9 Å². The molecule has 0 amide bonds. The first-order valence-electron chi connectivity index (χ1n) is 10.8. The van der Waals surface area contributed by atoms with Crippen molar-refractivity contribution >= 4 is 38.3 Å². The van der Waals surface area contributed by atoms with Crippen LogP contribution < -0.4 is 4.74 Å². The second kappa shape index (κ2) is 9.20. The lowest BCUT2D eigenvalue weighted by Crippen LogP contribution is -2.11. The van der Waals surface area contributed by atoms with E-state index in [0.717, 1.165) is 28.3 Å². The molecule has 0 aliphatic carbocycles. The molecule has 1 aromatic heterocycles.